The number of allylic oxidation sites excluding steroid dienone is 9. The zero-order chi connectivity index (χ0) is 42.3. The Balaban J connectivity index is 4.56. The normalized spacial score (nSPS) is 15.5. The van der Waals surface area contributed by atoms with E-state index in [1.807, 2.05) is 57.6 Å². The number of carbonyl (C=O) groups excluding carboxylic acids is 1. The zero-order valence-corrected chi connectivity index (χ0v) is 37.4. The largest absolute Gasteiger partial charge is 0.756 e. The summed E-state index contributed by atoms with van der Waals surface area (Å²) in [6, 6.07) is 0. The highest BCUT2D eigenvalue weighted by Crippen LogP contribution is 2.38. The first-order valence-corrected chi connectivity index (χ1v) is 23.4. The van der Waals surface area contributed by atoms with Crippen molar-refractivity contribution < 1.29 is 47.5 Å². The summed E-state index contributed by atoms with van der Waals surface area (Å²) in [7, 11) is 1.22. The van der Waals surface area contributed by atoms with E-state index in [-0.39, 0.29) is 26.2 Å². The van der Waals surface area contributed by atoms with Gasteiger partial charge in [-0.2, -0.15) is 0 Å². The highest BCUT2D eigenvalue weighted by Gasteiger charge is 2.19. The lowest BCUT2D eigenvalue weighted by atomic mass is 10.1. The minimum atomic E-state index is -4.58. The second-order valence-electron chi connectivity index (χ2n) is 15.8. The summed E-state index contributed by atoms with van der Waals surface area (Å²) in [5.74, 6) is -0.472. The molecule has 0 fully saturated rings. The van der Waals surface area contributed by atoms with Crippen molar-refractivity contribution in [2.75, 3.05) is 47.5 Å². The Morgan fingerprint density at radius 1 is 0.667 bits per heavy atom. The third kappa shape index (κ3) is 41.7. The number of hydrogen-bond donors (Lipinski definition) is 2. The zero-order valence-electron chi connectivity index (χ0n) is 36.5. The first-order valence-electron chi connectivity index (χ1n) is 21.9. The van der Waals surface area contributed by atoms with E-state index in [1.54, 1.807) is 18.2 Å². The number of nitrogens with zero attached hydrogens (tertiary/aromatic N) is 1. The second-order valence-corrected chi connectivity index (χ2v) is 17.2. The summed E-state index contributed by atoms with van der Waals surface area (Å²) in [6.07, 6.45) is 42.3. The van der Waals surface area contributed by atoms with Gasteiger partial charge in [-0.25, -0.2) is 0 Å². The van der Waals surface area contributed by atoms with Crippen LogP contribution in [-0.4, -0.2) is 86.5 Å². The summed E-state index contributed by atoms with van der Waals surface area (Å²) in [4.78, 5) is 24.8. The number of phosphoric acid groups is 1. The van der Waals surface area contributed by atoms with Crippen LogP contribution in [0, 0.1) is 0 Å². The smallest absolute Gasteiger partial charge is 0.305 e. The molecule has 4 atom stereocenters. The van der Waals surface area contributed by atoms with Crippen LogP contribution >= 0.6 is 7.82 Å². The maximum Gasteiger partial charge on any atom is 0.305 e. The van der Waals surface area contributed by atoms with Crippen LogP contribution in [0.15, 0.2) is 73.1 Å². The minimum absolute atomic E-state index is 0.0154. The predicted molar refractivity (Wildman–Crippen MR) is 233 cm³/mol. The second kappa shape index (κ2) is 37.9. The SMILES string of the molecule is CCCCCCCC/C=C\CCCCCC/C=C/O[C@H](COC(=O)CCC[C@@H](O)/C=C/C=C\C/C=C\C=C\[C@@H](O)CCCCC)COP(=O)([O-])OCC[N+](C)(C)C. The topological polar surface area (TPSA) is 135 Å². The molecule has 11 heteroatoms. The Morgan fingerprint density at radius 2 is 1.19 bits per heavy atom. The van der Waals surface area contributed by atoms with Crippen LogP contribution < -0.4 is 4.89 Å². The summed E-state index contributed by atoms with van der Waals surface area (Å²) in [5, 5.41) is 20.2. The van der Waals surface area contributed by atoms with Gasteiger partial charge in [0.05, 0.1) is 46.2 Å². The lowest BCUT2D eigenvalue weighted by molar-refractivity contribution is -0.870. The number of phosphoric ester groups is 1. The summed E-state index contributed by atoms with van der Waals surface area (Å²) < 4.78 is 34.1. The number of hydrogen-bond acceptors (Lipinski definition) is 9. The summed E-state index contributed by atoms with van der Waals surface area (Å²) >= 11 is 0. The maximum atomic E-state index is 12.5. The van der Waals surface area contributed by atoms with Gasteiger partial charge < -0.3 is 38.1 Å². The molecule has 0 saturated carbocycles. The lowest BCUT2D eigenvalue weighted by Crippen LogP contribution is -2.37. The van der Waals surface area contributed by atoms with Gasteiger partial charge in [0.15, 0.2) is 6.10 Å². The van der Waals surface area contributed by atoms with Crippen LogP contribution in [0.1, 0.15) is 149 Å². The average molecular weight is 824 g/mol. The molecule has 0 aromatic carbocycles. The third-order valence-electron chi connectivity index (χ3n) is 9.03. The van der Waals surface area contributed by atoms with Gasteiger partial charge in [-0.3, -0.25) is 9.36 Å². The van der Waals surface area contributed by atoms with E-state index in [0.29, 0.717) is 23.9 Å². The number of aliphatic hydroxyl groups excluding tert-OH is 2. The fourth-order valence-electron chi connectivity index (χ4n) is 5.44. The molecule has 0 rings (SSSR count). The van der Waals surface area contributed by atoms with Crippen LogP contribution in [-0.2, 0) is 27.9 Å². The molecule has 0 aromatic heterocycles. The van der Waals surface area contributed by atoms with Gasteiger partial charge in [-0.1, -0.05) is 139 Å². The fraction of sp³-hybridized carbons (Fsp3) is 0.717. The molecule has 0 aliphatic heterocycles. The highest BCUT2D eigenvalue weighted by atomic mass is 31.2. The van der Waals surface area contributed by atoms with Gasteiger partial charge in [-0.15, -0.1) is 0 Å². The fourth-order valence-corrected chi connectivity index (χ4v) is 6.17. The third-order valence-corrected chi connectivity index (χ3v) is 9.99. The quantitative estimate of drug-likeness (QED) is 0.0118. The molecule has 0 amide bonds. The van der Waals surface area contributed by atoms with Crippen LogP contribution in [0.2, 0.25) is 0 Å². The van der Waals surface area contributed by atoms with Crippen molar-refractivity contribution in [2.24, 2.45) is 0 Å². The standard InChI is InChI=1S/C46H82NO9P/c1-6-8-10-11-12-13-14-15-16-17-18-19-20-24-27-31-39-53-45(42-56-57(51,52)55-40-38-47(3,4)5)41-54-46(50)37-32-36-44(49)35-30-26-23-21-22-25-29-34-43(48)33-28-9-7-2/h15-16,22-23,25-26,29-31,34-35,39,43-45,48-49H,6-14,17-21,24,27-28,32-33,36-38,40-42H2,1-5H3/b16-15-,25-22-,26-23-,34-29+,35-30+,39-31+/t43-,44-,45+/m0/s1. The Labute approximate surface area is 348 Å². The van der Waals surface area contributed by atoms with Crippen molar-refractivity contribution in [3.63, 3.8) is 0 Å². The summed E-state index contributed by atoms with van der Waals surface area (Å²) in [6.45, 7) is 4.31. The number of aliphatic hydroxyl groups is 2. The number of carbonyl (C=O) groups is 1. The molecular formula is C46H82NO9P. The minimum Gasteiger partial charge on any atom is -0.756 e. The molecule has 0 aliphatic carbocycles. The van der Waals surface area contributed by atoms with E-state index < -0.39 is 32.1 Å². The van der Waals surface area contributed by atoms with Crippen molar-refractivity contribution in [3.8, 4) is 0 Å². The Kier molecular flexibility index (Phi) is 36.4. The Bertz CT molecular complexity index is 1170. The Hall–Kier alpha value is -2.30. The lowest BCUT2D eigenvalue weighted by Gasteiger charge is -2.28. The molecule has 57 heavy (non-hydrogen) atoms. The number of unbranched alkanes of at least 4 members (excludes halogenated alkanes) is 13. The van der Waals surface area contributed by atoms with Gasteiger partial charge in [0.1, 0.15) is 19.8 Å². The summed E-state index contributed by atoms with van der Waals surface area (Å²) in [5.41, 5.74) is 0. The molecule has 0 saturated heterocycles. The number of quaternary nitrogens is 1. The van der Waals surface area contributed by atoms with E-state index in [9.17, 15) is 24.5 Å². The number of esters is 1. The van der Waals surface area contributed by atoms with Crippen molar-refractivity contribution >= 4 is 13.8 Å². The van der Waals surface area contributed by atoms with Gasteiger partial charge in [-0.05, 0) is 70.3 Å². The molecular weight excluding hydrogens is 741 g/mol. The Morgan fingerprint density at radius 3 is 1.77 bits per heavy atom. The molecule has 0 heterocycles. The van der Waals surface area contributed by atoms with E-state index in [1.165, 1.54) is 64.0 Å². The first-order chi connectivity index (χ1) is 27.4. The van der Waals surface area contributed by atoms with Gasteiger partial charge >= 0.3 is 5.97 Å². The van der Waals surface area contributed by atoms with Crippen molar-refractivity contribution in [2.45, 2.75) is 167 Å². The van der Waals surface area contributed by atoms with Gasteiger partial charge in [0.25, 0.3) is 7.82 Å². The molecule has 330 valence electrons. The number of likely N-dealkylation sites (N-methyl/N-ethyl adjacent to an activating group) is 1. The molecule has 10 nitrogen and oxygen atoms in total. The molecule has 1 unspecified atom stereocenters. The molecule has 0 aliphatic rings. The predicted octanol–water partition coefficient (Wildman–Crippen LogP) is 10.4. The van der Waals surface area contributed by atoms with Crippen molar-refractivity contribution in [1.82, 2.24) is 0 Å². The van der Waals surface area contributed by atoms with E-state index in [2.05, 4.69) is 26.0 Å². The molecule has 2 N–H and O–H groups in total. The van der Waals surface area contributed by atoms with Gasteiger partial charge in [0.2, 0.25) is 0 Å². The van der Waals surface area contributed by atoms with Crippen molar-refractivity contribution in [1.29, 1.82) is 0 Å². The molecule has 0 radical (unpaired) electrons. The molecule has 0 bridgehead atoms. The van der Waals surface area contributed by atoms with Crippen LogP contribution in [0.3, 0.4) is 0 Å². The maximum absolute atomic E-state index is 12.5. The molecule has 0 aromatic rings. The highest BCUT2D eigenvalue weighted by molar-refractivity contribution is 7.45. The van der Waals surface area contributed by atoms with Crippen LogP contribution in [0.5, 0.6) is 0 Å². The van der Waals surface area contributed by atoms with E-state index >= 15 is 0 Å². The first kappa shape index (κ1) is 54.7. The monoisotopic (exact) mass is 824 g/mol. The van der Waals surface area contributed by atoms with Crippen molar-refractivity contribution in [3.05, 3.63) is 73.1 Å². The number of ether oxygens (including phenoxy) is 2. The van der Waals surface area contributed by atoms with E-state index in [4.69, 9.17) is 18.5 Å². The van der Waals surface area contributed by atoms with Crippen LogP contribution in [0.4, 0.5) is 0 Å². The van der Waals surface area contributed by atoms with Crippen LogP contribution in [0.25, 0.3) is 0 Å². The molecule has 0 spiro atoms. The van der Waals surface area contributed by atoms with E-state index in [0.717, 1.165) is 57.8 Å². The number of rotatable bonds is 39. The average Bonchev–Trinajstić information content (AvgIpc) is 3.15. The van der Waals surface area contributed by atoms with Gasteiger partial charge in [0, 0.05) is 6.42 Å².